The van der Waals surface area contributed by atoms with Crippen molar-refractivity contribution >= 4 is 23.1 Å². The Morgan fingerprint density at radius 2 is 1.78 bits per heavy atom. The minimum absolute atomic E-state index is 0.0545. The molecule has 1 N–H and O–H groups in total. The molecular formula is C34H38ClN3O3. The van der Waals surface area contributed by atoms with Crippen LogP contribution >= 0.6 is 11.6 Å². The summed E-state index contributed by atoms with van der Waals surface area (Å²) in [5.74, 6) is 2.44. The van der Waals surface area contributed by atoms with Gasteiger partial charge in [-0.2, -0.15) is 5.10 Å². The van der Waals surface area contributed by atoms with Crippen molar-refractivity contribution < 1.29 is 13.9 Å². The first-order valence-electron chi connectivity index (χ1n) is 14.3. The maximum absolute atomic E-state index is 13.6. The van der Waals surface area contributed by atoms with Gasteiger partial charge in [-0.05, 0) is 98.2 Å². The monoisotopic (exact) mass is 571 g/mol. The second-order valence-electron chi connectivity index (χ2n) is 10.9. The highest BCUT2D eigenvalue weighted by molar-refractivity contribution is 6.32. The number of carbonyl (C=O) groups excluding carboxylic acids is 1. The van der Waals surface area contributed by atoms with Gasteiger partial charge in [0.2, 0.25) is 5.91 Å². The molecule has 4 aromatic rings. The van der Waals surface area contributed by atoms with Gasteiger partial charge in [0.25, 0.3) is 0 Å². The molecule has 7 heteroatoms. The van der Waals surface area contributed by atoms with Gasteiger partial charge in [-0.15, -0.1) is 0 Å². The molecule has 2 aromatic heterocycles. The molecule has 1 aliphatic rings. The summed E-state index contributed by atoms with van der Waals surface area (Å²) < 4.78 is 13.9. The van der Waals surface area contributed by atoms with Gasteiger partial charge in [-0.3, -0.25) is 9.48 Å². The number of hydrogen-bond acceptors (Lipinski definition) is 4. The summed E-state index contributed by atoms with van der Waals surface area (Å²) in [6.45, 7) is 11.1. The fourth-order valence-electron chi connectivity index (χ4n) is 5.82. The van der Waals surface area contributed by atoms with Gasteiger partial charge < -0.3 is 14.5 Å². The summed E-state index contributed by atoms with van der Waals surface area (Å²) in [7, 11) is 1.97. The number of rotatable bonds is 10. The molecule has 0 fully saturated rings. The standard InChI is InChI=1S/C34H38ClN3O3/c1-7-24-13-14-25(41-24)19-36-34(39)31-18-30-27(10-8-11-29(30)32-22(4)37-38(6)23(32)5)28(31)12-9-15-40-26-16-20(2)33(35)21(3)17-26/h8,10-11,13-14,16-17H,7,9,12,15,18-19H2,1-6H3,(H,36,39). The van der Waals surface area contributed by atoms with Crippen LogP contribution in [-0.2, 0) is 31.2 Å². The Hall–Kier alpha value is -3.77. The fourth-order valence-corrected chi connectivity index (χ4v) is 5.93. The summed E-state index contributed by atoms with van der Waals surface area (Å²) in [5, 5.41) is 8.54. The first-order chi connectivity index (χ1) is 19.7. The molecule has 0 saturated carbocycles. The number of benzene rings is 2. The van der Waals surface area contributed by atoms with E-state index in [2.05, 4.69) is 42.5 Å². The first kappa shape index (κ1) is 28.7. The molecule has 0 bridgehead atoms. The van der Waals surface area contributed by atoms with E-state index in [9.17, 15) is 4.79 Å². The zero-order valence-corrected chi connectivity index (χ0v) is 25.5. The van der Waals surface area contributed by atoms with Crippen LogP contribution in [0.1, 0.15) is 64.9 Å². The number of allylic oxidation sites excluding steroid dienone is 1. The number of aryl methyl sites for hydroxylation is 5. The normalized spacial score (nSPS) is 12.7. The van der Waals surface area contributed by atoms with Crippen molar-refractivity contribution in [1.82, 2.24) is 15.1 Å². The summed E-state index contributed by atoms with van der Waals surface area (Å²) in [6.07, 6.45) is 2.91. The Labute approximate surface area is 247 Å². The molecule has 214 valence electrons. The van der Waals surface area contributed by atoms with Crippen molar-refractivity contribution in [2.24, 2.45) is 7.05 Å². The Kier molecular flexibility index (Phi) is 8.41. The number of fused-ring (bicyclic) bond motifs is 1. The predicted octanol–water partition coefficient (Wildman–Crippen LogP) is 7.61. The van der Waals surface area contributed by atoms with Crippen LogP contribution in [0.25, 0.3) is 16.7 Å². The lowest BCUT2D eigenvalue weighted by Crippen LogP contribution is -2.25. The number of aromatic nitrogens is 2. The molecule has 5 rings (SSSR count). The van der Waals surface area contributed by atoms with E-state index in [0.29, 0.717) is 19.6 Å². The third-order valence-electron chi connectivity index (χ3n) is 8.01. The van der Waals surface area contributed by atoms with Crippen molar-refractivity contribution in [2.75, 3.05) is 6.61 Å². The lowest BCUT2D eigenvalue weighted by molar-refractivity contribution is -0.117. The number of halogens is 1. The molecular weight excluding hydrogens is 534 g/mol. The summed E-state index contributed by atoms with van der Waals surface area (Å²) in [6, 6.07) is 14.2. The summed E-state index contributed by atoms with van der Waals surface area (Å²) >= 11 is 6.33. The third kappa shape index (κ3) is 5.84. The van der Waals surface area contributed by atoms with Gasteiger partial charge in [0.05, 0.1) is 18.8 Å². The molecule has 0 spiro atoms. The van der Waals surface area contributed by atoms with Gasteiger partial charge in [0, 0.05) is 41.7 Å². The molecule has 6 nitrogen and oxygen atoms in total. The van der Waals surface area contributed by atoms with Crippen LogP contribution in [0.15, 0.2) is 52.5 Å². The van der Waals surface area contributed by atoms with E-state index in [1.54, 1.807) is 0 Å². The molecule has 0 radical (unpaired) electrons. The minimum atomic E-state index is -0.0545. The van der Waals surface area contributed by atoms with Crippen LogP contribution in [0.5, 0.6) is 5.75 Å². The molecule has 0 atom stereocenters. The lowest BCUT2D eigenvalue weighted by atomic mass is 9.93. The molecule has 41 heavy (non-hydrogen) atoms. The van der Waals surface area contributed by atoms with E-state index in [-0.39, 0.29) is 5.91 Å². The Morgan fingerprint density at radius 1 is 1.07 bits per heavy atom. The van der Waals surface area contributed by atoms with Crippen LogP contribution in [0.4, 0.5) is 0 Å². The quantitative estimate of drug-likeness (QED) is 0.199. The molecule has 0 aliphatic heterocycles. The van der Waals surface area contributed by atoms with Crippen molar-refractivity contribution in [3.63, 3.8) is 0 Å². The molecule has 1 aliphatic carbocycles. The molecule has 1 amide bonds. The largest absolute Gasteiger partial charge is 0.494 e. The van der Waals surface area contributed by atoms with E-state index >= 15 is 0 Å². The number of carbonyl (C=O) groups is 1. The number of ether oxygens (including phenoxy) is 1. The third-order valence-corrected chi connectivity index (χ3v) is 8.61. The average Bonchev–Trinajstić information content (AvgIpc) is 3.64. The highest BCUT2D eigenvalue weighted by Gasteiger charge is 2.29. The topological polar surface area (TPSA) is 69.3 Å². The van der Waals surface area contributed by atoms with Crippen LogP contribution in [0.3, 0.4) is 0 Å². The number of nitrogens with one attached hydrogen (secondary N) is 1. The van der Waals surface area contributed by atoms with Gasteiger partial charge in [0.1, 0.15) is 17.3 Å². The Balaban J connectivity index is 1.40. The minimum Gasteiger partial charge on any atom is -0.494 e. The smallest absolute Gasteiger partial charge is 0.248 e. The van der Waals surface area contributed by atoms with Gasteiger partial charge in [-0.25, -0.2) is 0 Å². The SMILES string of the molecule is CCc1ccc(CNC(=O)C2=C(CCCOc3cc(C)c(Cl)c(C)c3)c3cccc(-c4c(C)nn(C)c4C)c3C2)o1. The number of hydrogen-bond donors (Lipinski definition) is 1. The van der Waals surface area contributed by atoms with Gasteiger partial charge in [-0.1, -0.05) is 36.7 Å². The molecule has 2 aromatic carbocycles. The Bertz CT molecular complexity index is 1620. The van der Waals surface area contributed by atoms with E-state index in [1.165, 1.54) is 5.56 Å². The van der Waals surface area contributed by atoms with Crippen LogP contribution in [0.2, 0.25) is 5.02 Å². The second-order valence-corrected chi connectivity index (χ2v) is 11.2. The van der Waals surface area contributed by atoms with Crippen LogP contribution in [-0.4, -0.2) is 22.3 Å². The van der Waals surface area contributed by atoms with Gasteiger partial charge in [0.15, 0.2) is 0 Å². The average molecular weight is 572 g/mol. The zero-order chi connectivity index (χ0) is 29.3. The van der Waals surface area contributed by atoms with Crippen LogP contribution in [0, 0.1) is 27.7 Å². The van der Waals surface area contributed by atoms with Crippen molar-refractivity contribution in [3.8, 4) is 16.9 Å². The van der Waals surface area contributed by atoms with E-state index in [1.807, 2.05) is 56.8 Å². The molecule has 0 unspecified atom stereocenters. The van der Waals surface area contributed by atoms with E-state index < -0.39 is 0 Å². The maximum Gasteiger partial charge on any atom is 0.248 e. The van der Waals surface area contributed by atoms with Crippen LogP contribution < -0.4 is 10.1 Å². The summed E-state index contributed by atoms with van der Waals surface area (Å²) in [5.41, 5.74) is 10.6. The molecule has 0 saturated heterocycles. The highest BCUT2D eigenvalue weighted by atomic mass is 35.5. The Morgan fingerprint density at radius 3 is 2.44 bits per heavy atom. The maximum atomic E-state index is 13.6. The number of furan rings is 1. The second kappa shape index (κ2) is 12.0. The number of amides is 1. The zero-order valence-electron chi connectivity index (χ0n) is 24.8. The van der Waals surface area contributed by atoms with Crippen molar-refractivity contribution in [3.05, 3.63) is 98.2 Å². The fraction of sp³-hybridized carbons (Fsp3) is 0.353. The van der Waals surface area contributed by atoms with Gasteiger partial charge >= 0.3 is 0 Å². The highest BCUT2D eigenvalue weighted by Crippen LogP contribution is 2.42. The summed E-state index contributed by atoms with van der Waals surface area (Å²) in [4.78, 5) is 13.6. The lowest BCUT2D eigenvalue weighted by Gasteiger charge is -2.13. The van der Waals surface area contributed by atoms with Crippen molar-refractivity contribution in [2.45, 2.75) is 66.8 Å². The van der Waals surface area contributed by atoms with Crippen molar-refractivity contribution in [1.29, 1.82) is 0 Å². The van der Waals surface area contributed by atoms with E-state index in [4.69, 9.17) is 20.8 Å². The predicted molar refractivity (Wildman–Crippen MR) is 164 cm³/mol. The number of nitrogens with zero attached hydrogens (tertiary/aromatic N) is 2. The van der Waals surface area contributed by atoms with E-state index in [0.717, 1.165) is 91.9 Å². The molecule has 2 heterocycles. The first-order valence-corrected chi connectivity index (χ1v) is 14.7.